The molecule has 0 radical (unpaired) electrons. The molecule has 0 unspecified atom stereocenters. The molecule has 1 atom stereocenters. The van der Waals surface area contributed by atoms with Gasteiger partial charge in [-0.3, -0.25) is 4.68 Å². The lowest BCUT2D eigenvalue weighted by atomic mass is 10.2. The molecule has 0 bridgehead atoms. The summed E-state index contributed by atoms with van der Waals surface area (Å²) in [6.45, 7) is 6.39. The van der Waals surface area contributed by atoms with Crippen LogP contribution in [-0.2, 0) is 11.3 Å². The number of benzene rings is 1. The Hall–Kier alpha value is -1.44. The molecule has 3 rings (SSSR count). The first-order valence-electron chi connectivity index (χ1n) is 8.48. The summed E-state index contributed by atoms with van der Waals surface area (Å²) in [7, 11) is 0. The zero-order valence-electron chi connectivity index (χ0n) is 14.5. The normalized spacial score (nSPS) is 16.8. The van der Waals surface area contributed by atoms with Crippen molar-refractivity contribution in [1.82, 2.24) is 15.1 Å². The predicted molar refractivity (Wildman–Crippen MR) is 108 cm³/mol. The number of nitrogens with one attached hydrogen (secondary N) is 2. The van der Waals surface area contributed by atoms with Crippen molar-refractivity contribution in [1.29, 1.82) is 0 Å². The Kier molecular flexibility index (Phi) is 6.09. The average molecular weight is 423 g/mol. The fraction of sp³-hybridized carbons (Fsp3) is 0.444. The van der Waals surface area contributed by atoms with Gasteiger partial charge in [-0.05, 0) is 56.6 Å². The second-order valence-electron chi connectivity index (χ2n) is 6.30. The number of hydrogen-bond donors (Lipinski definition) is 2. The number of anilines is 1. The van der Waals surface area contributed by atoms with Gasteiger partial charge in [-0.1, -0.05) is 28.1 Å². The van der Waals surface area contributed by atoms with Crippen molar-refractivity contribution in [2.24, 2.45) is 0 Å². The Morgan fingerprint density at radius 2 is 2.12 bits per heavy atom. The van der Waals surface area contributed by atoms with Crippen LogP contribution >= 0.6 is 28.1 Å². The number of ether oxygens (including phenoxy) is 1. The van der Waals surface area contributed by atoms with Crippen LogP contribution in [0.4, 0.5) is 5.69 Å². The minimum absolute atomic E-state index is 0.266. The highest BCUT2D eigenvalue weighted by atomic mass is 79.9. The number of halogens is 1. The molecule has 2 heterocycles. The zero-order chi connectivity index (χ0) is 17.8. The van der Waals surface area contributed by atoms with Gasteiger partial charge in [0.05, 0.1) is 29.7 Å². The van der Waals surface area contributed by atoms with Gasteiger partial charge < -0.3 is 15.4 Å². The molecule has 1 aliphatic heterocycles. The maximum Gasteiger partial charge on any atom is 0.170 e. The van der Waals surface area contributed by atoms with E-state index in [9.17, 15) is 0 Å². The molecule has 1 fully saturated rings. The van der Waals surface area contributed by atoms with E-state index in [1.165, 1.54) is 5.56 Å². The molecule has 1 aliphatic rings. The van der Waals surface area contributed by atoms with E-state index >= 15 is 0 Å². The lowest BCUT2D eigenvalue weighted by molar-refractivity contribution is 0.114. The molecule has 0 spiro atoms. The molecular weight excluding hydrogens is 400 g/mol. The molecule has 1 aromatic heterocycles. The van der Waals surface area contributed by atoms with Crippen molar-refractivity contribution in [2.45, 2.75) is 39.3 Å². The minimum atomic E-state index is 0.266. The molecule has 0 amide bonds. The summed E-state index contributed by atoms with van der Waals surface area (Å²) in [6.07, 6.45) is 2.49. The Bertz CT molecular complexity index is 738. The fourth-order valence-electron chi connectivity index (χ4n) is 2.96. The smallest absolute Gasteiger partial charge is 0.170 e. The quantitative estimate of drug-likeness (QED) is 0.717. The Morgan fingerprint density at radius 1 is 1.36 bits per heavy atom. The van der Waals surface area contributed by atoms with E-state index in [0.717, 1.165) is 54.1 Å². The third-order valence-corrected chi connectivity index (χ3v) is 5.15. The molecule has 134 valence electrons. The second-order valence-corrected chi connectivity index (χ2v) is 7.62. The van der Waals surface area contributed by atoms with Crippen LogP contribution in [0.1, 0.15) is 29.8 Å². The van der Waals surface area contributed by atoms with Crippen LogP contribution in [0.25, 0.3) is 0 Å². The van der Waals surface area contributed by atoms with Crippen LogP contribution in [0.2, 0.25) is 0 Å². The summed E-state index contributed by atoms with van der Waals surface area (Å²) < 4.78 is 8.69. The SMILES string of the molecule is Cc1nn(Cc2ccc(Br)cc2)c(C)c1NC(=S)NC[C@H]1CCCO1. The summed E-state index contributed by atoms with van der Waals surface area (Å²) >= 11 is 8.89. The molecule has 0 saturated carbocycles. The average Bonchev–Trinajstić information content (AvgIpc) is 3.19. The van der Waals surface area contributed by atoms with Crippen LogP contribution in [0.5, 0.6) is 0 Å². The number of hydrogen-bond acceptors (Lipinski definition) is 3. The highest BCUT2D eigenvalue weighted by Gasteiger charge is 2.17. The molecular formula is C18H23BrN4OS. The van der Waals surface area contributed by atoms with Crippen LogP contribution in [0.15, 0.2) is 28.7 Å². The number of aromatic nitrogens is 2. The molecule has 1 saturated heterocycles. The van der Waals surface area contributed by atoms with Gasteiger partial charge in [-0.2, -0.15) is 5.10 Å². The third-order valence-electron chi connectivity index (χ3n) is 4.38. The molecule has 25 heavy (non-hydrogen) atoms. The minimum Gasteiger partial charge on any atom is -0.376 e. The molecule has 7 heteroatoms. The lowest BCUT2D eigenvalue weighted by Gasteiger charge is -2.14. The third kappa shape index (κ3) is 4.80. The van der Waals surface area contributed by atoms with Gasteiger partial charge in [-0.15, -0.1) is 0 Å². The summed E-state index contributed by atoms with van der Waals surface area (Å²) in [6, 6.07) is 8.29. The molecule has 1 aromatic carbocycles. The Balaban J connectivity index is 1.62. The van der Waals surface area contributed by atoms with E-state index in [1.54, 1.807) is 0 Å². The van der Waals surface area contributed by atoms with E-state index in [-0.39, 0.29) is 6.10 Å². The van der Waals surface area contributed by atoms with Crippen LogP contribution in [0, 0.1) is 13.8 Å². The number of nitrogens with zero attached hydrogens (tertiary/aromatic N) is 2. The lowest BCUT2D eigenvalue weighted by Crippen LogP contribution is -2.35. The highest BCUT2D eigenvalue weighted by molar-refractivity contribution is 9.10. The van der Waals surface area contributed by atoms with Crippen molar-refractivity contribution in [2.75, 3.05) is 18.5 Å². The van der Waals surface area contributed by atoms with Gasteiger partial charge in [0.25, 0.3) is 0 Å². The summed E-state index contributed by atoms with van der Waals surface area (Å²) in [5, 5.41) is 11.8. The van der Waals surface area contributed by atoms with Gasteiger partial charge in [-0.25, -0.2) is 0 Å². The van der Waals surface area contributed by atoms with Gasteiger partial charge >= 0.3 is 0 Å². The first kappa shape index (κ1) is 18.4. The second kappa shape index (κ2) is 8.29. The molecule has 0 aliphatic carbocycles. The first-order chi connectivity index (χ1) is 12.0. The first-order valence-corrected chi connectivity index (χ1v) is 9.68. The van der Waals surface area contributed by atoms with Gasteiger partial charge in [0.1, 0.15) is 0 Å². The van der Waals surface area contributed by atoms with Gasteiger partial charge in [0.15, 0.2) is 5.11 Å². The highest BCUT2D eigenvalue weighted by Crippen LogP contribution is 2.21. The van der Waals surface area contributed by atoms with E-state index < -0.39 is 0 Å². The summed E-state index contributed by atoms with van der Waals surface area (Å²) in [5.41, 5.74) is 4.19. The molecule has 5 nitrogen and oxygen atoms in total. The molecule has 2 N–H and O–H groups in total. The largest absolute Gasteiger partial charge is 0.376 e. The van der Waals surface area contributed by atoms with Crippen molar-refractivity contribution in [3.8, 4) is 0 Å². The van der Waals surface area contributed by atoms with Gasteiger partial charge in [0, 0.05) is 17.6 Å². The van der Waals surface area contributed by atoms with Crippen LogP contribution in [-0.4, -0.2) is 34.1 Å². The summed E-state index contributed by atoms with van der Waals surface area (Å²) in [4.78, 5) is 0. The maximum absolute atomic E-state index is 5.61. The predicted octanol–water partition coefficient (Wildman–Crippen LogP) is 3.78. The van der Waals surface area contributed by atoms with Crippen molar-refractivity contribution in [3.05, 3.63) is 45.7 Å². The standard InChI is InChI=1S/C18H23BrN4OS/c1-12-17(21-18(25)20-10-16-4-3-9-24-16)13(2)23(22-12)11-14-5-7-15(19)8-6-14/h5-8,16H,3-4,9-11H2,1-2H3,(H2,20,21,25)/t16-/m1/s1. The van der Waals surface area contributed by atoms with E-state index in [1.807, 2.05) is 23.7 Å². The van der Waals surface area contributed by atoms with Crippen molar-refractivity contribution >= 4 is 38.9 Å². The van der Waals surface area contributed by atoms with E-state index in [0.29, 0.717) is 5.11 Å². The number of rotatable bonds is 5. The topological polar surface area (TPSA) is 51.1 Å². The van der Waals surface area contributed by atoms with Crippen LogP contribution < -0.4 is 10.6 Å². The van der Waals surface area contributed by atoms with E-state index in [2.05, 4.69) is 50.7 Å². The fourth-order valence-corrected chi connectivity index (χ4v) is 3.41. The van der Waals surface area contributed by atoms with Crippen LogP contribution in [0.3, 0.4) is 0 Å². The zero-order valence-corrected chi connectivity index (χ0v) is 16.9. The number of aryl methyl sites for hydroxylation is 1. The molecule has 2 aromatic rings. The van der Waals surface area contributed by atoms with Crippen molar-refractivity contribution < 1.29 is 4.74 Å². The Labute approximate surface area is 162 Å². The van der Waals surface area contributed by atoms with Gasteiger partial charge in [0.2, 0.25) is 0 Å². The Morgan fingerprint density at radius 3 is 2.80 bits per heavy atom. The number of thiocarbonyl (C=S) groups is 1. The van der Waals surface area contributed by atoms with Crippen molar-refractivity contribution in [3.63, 3.8) is 0 Å². The monoisotopic (exact) mass is 422 g/mol. The van der Waals surface area contributed by atoms with E-state index in [4.69, 9.17) is 17.0 Å². The summed E-state index contributed by atoms with van der Waals surface area (Å²) in [5.74, 6) is 0. The maximum atomic E-state index is 5.61.